The summed E-state index contributed by atoms with van der Waals surface area (Å²) in [6, 6.07) is 18.4. The van der Waals surface area contributed by atoms with Crippen molar-refractivity contribution >= 4 is 5.97 Å². The predicted octanol–water partition coefficient (Wildman–Crippen LogP) is 1.64. The highest BCUT2D eigenvalue weighted by molar-refractivity contribution is 5.71. The van der Waals surface area contributed by atoms with E-state index in [1.54, 1.807) is 12.1 Å². The molecule has 6 nitrogen and oxygen atoms in total. The lowest BCUT2D eigenvalue weighted by Crippen LogP contribution is -2.33. The largest absolute Gasteiger partial charge is 0.491 e. The van der Waals surface area contributed by atoms with Crippen molar-refractivity contribution in [1.82, 2.24) is 5.32 Å². The molecule has 2 aromatic carbocycles. The van der Waals surface area contributed by atoms with Gasteiger partial charge in [-0.05, 0) is 24.3 Å². The quantitative estimate of drug-likeness (QED) is 0.476. The zero-order valence-corrected chi connectivity index (χ0v) is 14.0. The first-order chi connectivity index (χ1) is 12.2. The normalized spacial score (nSPS) is 11.6. The van der Waals surface area contributed by atoms with Gasteiger partial charge in [-0.25, -0.2) is 4.79 Å². The third-order valence-corrected chi connectivity index (χ3v) is 3.21. The Morgan fingerprint density at radius 2 is 1.56 bits per heavy atom. The minimum Gasteiger partial charge on any atom is -0.491 e. The molecule has 0 fully saturated rings. The Bertz CT molecular complexity index is 606. The molecule has 0 aromatic heterocycles. The van der Waals surface area contributed by atoms with Gasteiger partial charge in [0.25, 0.3) is 0 Å². The first kappa shape index (κ1) is 18.8. The van der Waals surface area contributed by atoms with Crippen molar-refractivity contribution in [1.29, 1.82) is 0 Å². The molecule has 0 aliphatic carbocycles. The second kappa shape index (κ2) is 11.1. The molecule has 0 saturated carbocycles. The highest BCUT2D eigenvalue weighted by Gasteiger charge is 2.06. The minimum absolute atomic E-state index is 0.127. The smallest absolute Gasteiger partial charge is 0.344 e. The molecule has 2 rings (SSSR count). The summed E-state index contributed by atoms with van der Waals surface area (Å²) in [6.45, 7) is 1.08. The lowest BCUT2D eigenvalue weighted by molar-refractivity contribution is -0.145. The molecule has 2 aromatic rings. The van der Waals surface area contributed by atoms with Crippen LogP contribution in [0.25, 0.3) is 0 Å². The number of para-hydroxylation sites is 2. The van der Waals surface area contributed by atoms with Gasteiger partial charge in [-0.15, -0.1) is 0 Å². The van der Waals surface area contributed by atoms with Gasteiger partial charge in [-0.1, -0.05) is 36.4 Å². The van der Waals surface area contributed by atoms with E-state index in [-0.39, 0.29) is 19.8 Å². The summed E-state index contributed by atoms with van der Waals surface area (Å²) < 4.78 is 15.8. The van der Waals surface area contributed by atoms with E-state index in [4.69, 9.17) is 14.2 Å². The Morgan fingerprint density at radius 1 is 0.960 bits per heavy atom. The Labute approximate surface area is 147 Å². The lowest BCUT2D eigenvalue weighted by Gasteiger charge is -2.13. The van der Waals surface area contributed by atoms with Crippen LogP contribution in [0.2, 0.25) is 0 Å². The molecule has 0 bridgehead atoms. The molecule has 134 valence electrons. The first-order valence-corrected chi connectivity index (χ1v) is 8.14. The Morgan fingerprint density at radius 3 is 2.20 bits per heavy atom. The second-order valence-electron chi connectivity index (χ2n) is 5.30. The number of carbonyl (C=O) groups excluding carboxylic acids is 1. The van der Waals surface area contributed by atoms with E-state index >= 15 is 0 Å². The lowest BCUT2D eigenvalue weighted by atomic mass is 10.3. The van der Waals surface area contributed by atoms with Crippen LogP contribution >= 0.6 is 0 Å². The molecule has 1 unspecified atom stereocenters. The summed E-state index contributed by atoms with van der Waals surface area (Å²) in [6.07, 6.45) is -0.641. The third-order valence-electron chi connectivity index (χ3n) is 3.21. The maximum absolute atomic E-state index is 11.5. The molecular weight excluding hydrogens is 322 g/mol. The van der Waals surface area contributed by atoms with Crippen LogP contribution in [0.4, 0.5) is 0 Å². The first-order valence-electron chi connectivity index (χ1n) is 8.14. The molecule has 0 aliphatic heterocycles. The Kier molecular flexibility index (Phi) is 8.31. The van der Waals surface area contributed by atoms with Crippen molar-refractivity contribution in [3.63, 3.8) is 0 Å². The van der Waals surface area contributed by atoms with Crippen molar-refractivity contribution in [2.45, 2.75) is 6.10 Å². The van der Waals surface area contributed by atoms with E-state index in [1.165, 1.54) is 0 Å². The summed E-state index contributed by atoms with van der Waals surface area (Å²) in [7, 11) is 0. The number of ether oxygens (including phenoxy) is 3. The molecule has 0 spiro atoms. The molecule has 0 heterocycles. The number of nitrogens with one attached hydrogen (secondary N) is 1. The van der Waals surface area contributed by atoms with Gasteiger partial charge in [-0.2, -0.15) is 0 Å². The highest BCUT2D eigenvalue weighted by Crippen LogP contribution is 2.08. The standard InChI is InChI=1S/C19H23NO5/c21-16(14-24-17-7-3-1-4-8-17)13-20-11-12-23-19(22)15-25-18-9-5-2-6-10-18/h1-10,16,20-21H,11-15H2. The van der Waals surface area contributed by atoms with E-state index in [0.717, 1.165) is 0 Å². The van der Waals surface area contributed by atoms with Crippen LogP contribution in [0, 0.1) is 0 Å². The van der Waals surface area contributed by atoms with Crippen LogP contribution in [0.1, 0.15) is 0 Å². The number of aliphatic hydroxyl groups is 1. The summed E-state index contributed by atoms with van der Waals surface area (Å²) in [5.41, 5.74) is 0. The highest BCUT2D eigenvalue weighted by atomic mass is 16.6. The monoisotopic (exact) mass is 345 g/mol. The van der Waals surface area contributed by atoms with Gasteiger partial charge in [0.15, 0.2) is 6.61 Å². The fourth-order valence-corrected chi connectivity index (χ4v) is 1.97. The van der Waals surface area contributed by atoms with Crippen LogP contribution in [0.3, 0.4) is 0 Å². The van der Waals surface area contributed by atoms with Gasteiger partial charge in [0, 0.05) is 13.1 Å². The van der Waals surface area contributed by atoms with Crippen molar-refractivity contribution < 1.29 is 24.1 Å². The average molecular weight is 345 g/mol. The number of carbonyl (C=O) groups is 1. The summed E-state index contributed by atoms with van der Waals surface area (Å²) >= 11 is 0. The molecular formula is C19H23NO5. The number of hydrogen-bond donors (Lipinski definition) is 2. The fraction of sp³-hybridized carbons (Fsp3) is 0.316. The van der Waals surface area contributed by atoms with Gasteiger partial charge in [-0.3, -0.25) is 0 Å². The van der Waals surface area contributed by atoms with Crippen LogP contribution in [-0.4, -0.2) is 50.1 Å². The molecule has 0 amide bonds. The molecule has 0 saturated heterocycles. The van der Waals surface area contributed by atoms with Crippen LogP contribution in [0.5, 0.6) is 11.5 Å². The number of aliphatic hydroxyl groups excluding tert-OH is 1. The van der Waals surface area contributed by atoms with Gasteiger partial charge in [0.05, 0.1) is 0 Å². The predicted molar refractivity (Wildman–Crippen MR) is 93.7 cm³/mol. The molecule has 1 atom stereocenters. The number of esters is 1. The van der Waals surface area contributed by atoms with Gasteiger partial charge in [0.1, 0.15) is 30.8 Å². The van der Waals surface area contributed by atoms with Crippen LogP contribution < -0.4 is 14.8 Å². The van der Waals surface area contributed by atoms with E-state index in [2.05, 4.69) is 5.32 Å². The Balaban J connectivity index is 1.47. The summed E-state index contributed by atoms with van der Waals surface area (Å²) in [5, 5.41) is 12.8. The number of hydrogen-bond acceptors (Lipinski definition) is 6. The summed E-state index contributed by atoms with van der Waals surface area (Å²) in [5.74, 6) is 0.909. The molecule has 25 heavy (non-hydrogen) atoms. The molecule has 6 heteroatoms. The number of rotatable bonds is 11. The zero-order chi connectivity index (χ0) is 17.7. The maximum atomic E-state index is 11.5. The second-order valence-corrected chi connectivity index (χ2v) is 5.30. The van der Waals surface area contributed by atoms with Gasteiger partial charge >= 0.3 is 5.97 Å². The SMILES string of the molecule is O=C(COc1ccccc1)OCCNCC(O)COc1ccccc1. The Hall–Kier alpha value is -2.57. The van der Waals surface area contributed by atoms with E-state index in [1.807, 2.05) is 48.5 Å². The fourth-order valence-electron chi connectivity index (χ4n) is 1.97. The third kappa shape index (κ3) is 8.19. The summed E-state index contributed by atoms with van der Waals surface area (Å²) in [4.78, 5) is 11.5. The van der Waals surface area contributed by atoms with Crippen molar-refractivity contribution in [2.75, 3.05) is 32.9 Å². The molecule has 0 radical (unpaired) electrons. The van der Waals surface area contributed by atoms with E-state index in [0.29, 0.717) is 24.6 Å². The topological polar surface area (TPSA) is 77.0 Å². The van der Waals surface area contributed by atoms with Crippen molar-refractivity contribution in [3.05, 3.63) is 60.7 Å². The van der Waals surface area contributed by atoms with Crippen LogP contribution in [0.15, 0.2) is 60.7 Å². The van der Waals surface area contributed by atoms with E-state index in [9.17, 15) is 9.90 Å². The molecule has 2 N–H and O–H groups in total. The van der Waals surface area contributed by atoms with Crippen molar-refractivity contribution in [2.24, 2.45) is 0 Å². The molecule has 0 aliphatic rings. The number of benzene rings is 2. The maximum Gasteiger partial charge on any atom is 0.344 e. The zero-order valence-electron chi connectivity index (χ0n) is 14.0. The van der Waals surface area contributed by atoms with Gasteiger partial charge in [0.2, 0.25) is 0 Å². The average Bonchev–Trinajstić information content (AvgIpc) is 2.66. The van der Waals surface area contributed by atoms with E-state index < -0.39 is 12.1 Å². The minimum atomic E-state index is -0.641. The van der Waals surface area contributed by atoms with Crippen molar-refractivity contribution in [3.8, 4) is 11.5 Å². The van der Waals surface area contributed by atoms with Crippen LogP contribution in [-0.2, 0) is 9.53 Å². The van der Waals surface area contributed by atoms with Gasteiger partial charge < -0.3 is 24.6 Å².